The maximum Gasteiger partial charge on any atom is 0.312 e. The van der Waals surface area contributed by atoms with E-state index < -0.39 is 23.9 Å². The summed E-state index contributed by atoms with van der Waals surface area (Å²) in [4.78, 5) is 57.4. The lowest BCUT2D eigenvalue weighted by atomic mass is 9.89. The highest BCUT2D eigenvalue weighted by atomic mass is 32.2. The number of rotatable bonds is 35. The highest BCUT2D eigenvalue weighted by molar-refractivity contribution is 8.02. The number of anilines is 1. The molecule has 1 aromatic heterocycles. The summed E-state index contributed by atoms with van der Waals surface area (Å²) in [5.74, 6) is -0.518. The second-order valence-electron chi connectivity index (χ2n) is 20.2. The maximum absolute atomic E-state index is 13.8. The quantitative estimate of drug-likeness (QED) is 0.0201. The third-order valence-corrected chi connectivity index (χ3v) is 12.5. The Kier molecular flexibility index (Phi) is 28.0. The van der Waals surface area contributed by atoms with E-state index in [9.17, 15) is 19.2 Å². The van der Waals surface area contributed by atoms with Crippen molar-refractivity contribution in [1.29, 1.82) is 0 Å². The number of benzene rings is 1. The number of carbonyl (C=O) groups is 4. The third kappa shape index (κ3) is 30.8. The lowest BCUT2D eigenvalue weighted by Gasteiger charge is -2.24. The van der Waals surface area contributed by atoms with Crippen LogP contribution in [0.2, 0.25) is 0 Å². The monoisotopic (exact) mass is 1010 g/mol. The first-order chi connectivity index (χ1) is 32.4. The van der Waals surface area contributed by atoms with Crippen LogP contribution in [0, 0.1) is 17.3 Å². The molecule has 2 atom stereocenters. The zero-order valence-electron chi connectivity index (χ0n) is 43.2. The summed E-state index contributed by atoms with van der Waals surface area (Å²) in [6.45, 7) is 31.3. The van der Waals surface area contributed by atoms with Gasteiger partial charge in [0.05, 0.1) is 64.1 Å². The zero-order chi connectivity index (χ0) is 51.5. The van der Waals surface area contributed by atoms with Crippen LogP contribution in [0.4, 0.5) is 10.5 Å². The number of urea groups is 1. The van der Waals surface area contributed by atoms with Crippen molar-refractivity contribution in [3.8, 4) is 0 Å². The Labute approximate surface area is 419 Å². The highest BCUT2D eigenvalue weighted by Crippen LogP contribution is 2.27. The molecule has 2 aromatic rings. The number of hydrogen-bond donors (Lipinski definition) is 5. The summed E-state index contributed by atoms with van der Waals surface area (Å²) in [5, 5.41) is 24.0. The number of aromatic nitrogens is 3. The lowest BCUT2D eigenvalue weighted by Crippen LogP contribution is -2.46. The van der Waals surface area contributed by atoms with Gasteiger partial charge in [-0.3, -0.25) is 14.4 Å². The number of carbonyl (C=O) groups excluding carboxylic acids is 4. The SMILES string of the molecule is C=C(NCc1cn(CCOCCOCCOCCC(C)(C)C)nn1)OCc1ccc(NC(=O)[C@H](CCCNC(N)=O)CC(=O)[C@@H](NC(=O)CON=C(CSC(C)(C)C)CSC(C)(C)C)C(C)C)cc1. The number of nitrogens with two attached hydrogens (primary N) is 1. The van der Waals surface area contributed by atoms with Crippen molar-refractivity contribution < 1.29 is 43.0 Å². The van der Waals surface area contributed by atoms with E-state index in [1.54, 1.807) is 40.3 Å². The second-order valence-corrected chi connectivity index (χ2v) is 23.8. The van der Waals surface area contributed by atoms with Gasteiger partial charge < -0.3 is 50.8 Å². The molecule has 6 N–H and O–H groups in total. The Hall–Kier alpha value is -4.37. The second kappa shape index (κ2) is 31.8. The van der Waals surface area contributed by atoms with Crippen LogP contribution < -0.4 is 27.0 Å². The molecule has 1 aromatic carbocycles. The van der Waals surface area contributed by atoms with Gasteiger partial charge in [0.25, 0.3) is 5.91 Å². The van der Waals surface area contributed by atoms with Crippen LogP contribution >= 0.6 is 23.5 Å². The zero-order valence-corrected chi connectivity index (χ0v) is 44.8. The first-order valence-corrected chi connectivity index (χ1v) is 25.7. The van der Waals surface area contributed by atoms with Crippen LogP contribution in [0.3, 0.4) is 0 Å². The van der Waals surface area contributed by atoms with Crippen LogP contribution in [0.25, 0.3) is 0 Å². The third-order valence-electron chi connectivity index (χ3n) is 9.80. The minimum absolute atomic E-state index is 0.0300. The molecule has 2 rings (SSSR count). The topological polar surface area (TPSA) is 232 Å². The molecule has 0 saturated carbocycles. The number of oxime groups is 1. The first-order valence-electron chi connectivity index (χ1n) is 23.8. The summed E-state index contributed by atoms with van der Waals surface area (Å²) >= 11 is 3.49. The summed E-state index contributed by atoms with van der Waals surface area (Å²) < 4.78 is 24.4. The molecular formula is C49H83N9O9S2. The van der Waals surface area contributed by atoms with E-state index in [-0.39, 0.29) is 65.1 Å². The number of nitrogens with one attached hydrogen (secondary N) is 4. The van der Waals surface area contributed by atoms with Crippen molar-refractivity contribution in [3.05, 3.63) is 54.2 Å². The molecular weight excluding hydrogens is 923 g/mol. The molecule has 69 heavy (non-hydrogen) atoms. The van der Waals surface area contributed by atoms with Gasteiger partial charge in [-0.2, -0.15) is 0 Å². The largest absolute Gasteiger partial charge is 0.475 e. The average Bonchev–Trinajstić information content (AvgIpc) is 3.71. The van der Waals surface area contributed by atoms with Gasteiger partial charge in [0.1, 0.15) is 12.3 Å². The van der Waals surface area contributed by atoms with Crippen molar-refractivity contribution in [1.82, 2.24) is 30.9 Å². The number of ketones is 1. The number of primary amides is 1. The standard InChI is InChI=1S/C49H83N9O9S2/c1-35(2)44(54-43(60)32-67-56-41(33-68-48(7,8)9)34-69-49(10,11)12)42(59)28-38(14-13-20-51-46(50)62)45(61)53-39-17-15-37(16-18-39)31-66-36(3)52-29-40-30-58(57-55-40)21-23-64-25-27-65-26-24-63-22-19-47(4,5)6/h15-18,30,35,38,44,52H,3,13-14,19-29,31-34H2,1-2,4-12H3,(H,53,61)(H,54,60)(H3,50,51,62)/t38-,44+/m1/s1. The van der Waals surface area contributed by atoms with Crippen LogP contribution in [0.15, 0.2) is 48.1 Å². The van der Waals surface area contributed by atoms with E-state index in [4.69, 9.17) is 29.5 Å². The lowest BCUT2D eigenvalue weighted by molar-refractivity contribution is -0.133. The van der Waals surface area contributed by atoms with E-state index in [1.165, 1.54) is 0 Å². The van der Waals surface area contributed by atoms with Gasteiger partial charge in [0.2, 0.25) is 5.91 Å². The van der Waals surface area contributed by atoms with Crippen molar-refractivity contribution in [3.63, 3.8) is 0 Å². The van der Waals surface area contributed by atoms with E-state index in [0.29, 0.717) is 81.3 Å². The first kappa shape index (κ1) is 60.8. The van der Waals surface area contributed by atoms with Gasteiger partial charge >= 0.3 is 6.03 Å². The Morgan fingerprint density at radius 3 is 2.04 bits per heavy atom. The molecule has 1 heterocycles. The molecule has 0 aliphatic heterocycles. The minimum Gasteiger partial charge on any atom is -0.475 e. The van der Waals surface area contributed by atoms with Gasteiger partial charge in [-0.15, -0.1) is 28.6 Å². The number of hydrogen-bond acceptors (Lipinski definition) is 15. The van der Waals surface area contributed by atoms with Gasteiger partial charge in [-0.05, 0) is 54.9 Å². The molecule has 0 fully saturated rings. The molecule has 0 aliphatic rings. The molecule has 0 radical (unpaired) electrons. The van der Waals surface area contributed by atoms with Crippen LogP contribution in [0.5, 0.6) is 0 Å². The normalized spacial score (nSPS) is 12.8. The molecule has 0 unspecified atom stereocenters. The smallest absolute Gasteiger partial charge is 0.312 e. The fourth-order valence-electron chi connectivity index (χ4n) is 5.91. The molecule has 0 saturated heterocycles. The molecule has 0 aliphatic carbocycles. The van der Waals surface area contributed by atoms with Crippen molar-refractivity contribution in [2.24, 2.45) is 28.1 Å². The van der Waals surface area contributed by atoms with E-state index in [0.717, 1.165) is 24.3 Å². The van der Waals surface area contributed by atoms with E-state index in [1.807, 2.05) is 32.2 Å². The Morgan fingerprint density at radius 2 is 1.46 bits per heavy atom. The Bertz CT molecular complexity index is 1850. The molecule has 4 amide bonds. The van der Waals surface area contributed by atoms with Crippen LogP contribution in [-0.4, -0.2) is 124 Å². The number of Topliss-reactive ketones (excluding diaryl/α,β-unsaturated/α-hetero) is 1. The predicted octanol–water partition coefficient (Wildman–Crippen LogP) is 7.08. The summed E-state index contributed by atoms with van der Waals surface area (Å²) in [6.07, 6.45) is 3.38. The molecule has 390 valence electrons. The van der Waals surface area contributed by atoms with Gasteiger partial charge in [0, 0.05) is 52.2 Å². The maximum atomic E-state index is 13.8. The molecule has 0 bridgehead atoms. The van der Waals surface area contributed by atoms with Gasteiger partial charge in [-0.25, -0.2) is 9.48 Å². The average molecular weight is 1010 g/mol. The molecule has 20 heteroatoms. The molecule has 18 nitrogen and oxygen atoms in total. The number of nitrogens with zero attached hydrogens (tertiary/aromatic N) is 4. The Morgan fingerprint density at radius 1 is 0.855 bits per heavy atom. The summed E-state index contributed by atoms with van der Waals surface area (Å²) in [5.41, 5.74) is 8.40. The Balaban J connectivity index is 1.86. The van der Waals surface area contributed by atoms with Crippen molar-refractivity contribution in [2.75, 3.05) is 69.6 Å². The highest BCUT2D eigenvalue weighted by Gasteiger charge is 2.30. The van der Waals surface area contributed by atoms with E-state index in [2.05, 4.69) is 106 Å². The van der Waals surface area contributed by atoms with Gasteiger partial charge in [-0.1, -0.05) is 98.7 Å². The predicted molar refractivity (Wildman–Crippen MR) is 277 cm³/mol. The number of amides is 4. The number of thioether (sulfide) groups is 2. The fourth-order valence-corrected chi connectivity index (χ4v) is 7.55. The molecule has 0 spiro atoms. The number of ether oxygens (including phenoxy) is 4. The van der Waals surface area contributed by atoms with E-state index >= 15 is 0 Å². The summed E-state index contributed by atoms with van der Waals surface area (Å²) in [7, 11) is 0. The fraction of sp³-hybridized carbons (Fsp3) is 0.694. The van der Waals surface area contributed by atoms with Crippen LogP contribution in [0.1, 0.15) is 113 Å². The van der Waals surface area contributed by atoms with Crippen molar-refractivity contribution in [2.45, 2.75) is 137 Å². The van der Waals surface area contributed by atoms with Gasteiger partial charge in [0.15, 0.2) is 18.3 Å². The summed E-state index contributed by atoms with van der Waals surface area (Å²) in [6, 6.07) is 5.58. The minimum atomic E-state index is -0.866. The van der Waals surface area contributed by atoms with Crippen molar-refractivity contribution >= 4 is 58.6 Å². The van der Waals surface area contributed by atoms with Crippen LogP contribution in [-0.2, 0) is 57.9 Å².